The summed E-state index contributed by atoms with van der Waals surface area (Å²) in [4.78, 5) is 27.7. The zero-order chi connectivity index (χ0) is 15.6. The Morgan fingerprint density at radius 2 is 2.33 bits per heavy atom. The second kappa shape index (κ2) is 6.04. The first-order chi connectivity index (χ1) is 9.93. The van der Waals surface area contributed by atoms with Crippen LogP contribution in [0, 0.1) is 16.0 Å². The van der Waals surface area contributed by atoms with Crippen molar-refractivity contribution in [3.8, 4) is 0 Å². The van der Waals surface area contributed by atoms with Gasteiger partial charge in [0.2, 0.25) is 0 Å². The van der Waals surface area contributed by atoms with E-state index in [2.05, 4.69) is 11.9 Å². The van der Waals surface area contributed by atoms with Crippen molar-refractivity contribution in [1.29, 1.82) is 0 Å². The summed E-state index contributed by atoms with van der Waals surface area (Å²) in [6.07, 6.45) is 2.05. The number of carbonyl (C=O) groups is 1. The normalized spacial score (nSPS) is 22.1. The lowest BCUT2D eigenvalue weighted by Gasteiger charge is -2.37. The molecule has 1 aliphatic heterocycles. The van der Waals surface area contributed by atoms with Crippen molar-refractivity contribution in [2.75, 3.05) is 25.1 Å². The molecule has 0 aromatic carbocycles. The van der Waals surface area contributed by atoms with E-state index in [4.69, 9.17) is 10.5 Å². The second-order valence-electron chi connectivity index (χ2n) is 5.17. The zero-order valence-electron chi connectivity index (χ0n) is 12.0. The minimum atomic E-state index is -0.728. The number of primary amides is 1. The van der Waals surface area contributed by atoms with Crippen molar-refractivity contribution in [2.24, 2.45) is 11.7 Å². The van der Waals surface area contributed by atoms with Crippen LogP contribution in [0.3, 0.4) is 0 Å². The van der Waals surface area contributed by atoms with Crippen molar-refractivity contribution in [2.45, 2.75) is 19.4 Å². The molecule has 114 valence electrons. The number of amides is 1. The van der Waals surface area contributed by atoms with Gasteiger partial charge in [0.1, 0.15) is 12.0 Å². The molecule has 8 heteroatoms. The first-order valence-corrected chi connectivity index (χ1v) is 6.66. The molecule has 1 fully saturated rings. The van der Waals surface area contributed by atoms with Crippen LogP contribution in [0.5, 0.6) is 0 Å². The average Bonchev–Trinajstić information content (AvgIpc) is 2.47. The predicted molar refractivity (Wildman–Crippen MR) is 76.2 cm³/mol. The molecule has 0 bridgehead atoms. The number of nitro groups is 1. The van der Waals surface area contributed by atoms with E-state index < -0.39 is 10.8 Å². The van der Waals surface area contributed by atoms with Gasteiger partial charge in [0.05, 0.1) is 16.6 Å². The van der Waals surface area contributed by atoms with E-state index in [0.29, 0.717) is 24.8 Å². The van der Waals surface area contributed by atoms with Crippen LogP contribution in [-0.4, -0.2) is 42.1 Å². The number of anilines is 1. The van der Waals surface area contributed by atoms with E-state index in [9.17, 15) is 14.9 Å². The number of carbonyl (C=O) groups excluding carboxylic acids is 1. The molecule has 1 aliphatic rings. The van der Waals surface area contributed by atoms with Crippen LogP contribution < -0.4 is 10.6 Å². The maximum atomic E-state index is 11.6. The second-order valence-corrected chi connectivity index (χ2v) is 5.17. The molecule has 2 rings (SSSR count). The third-order valence-corrected chi connectivity index (χ3v) is 3.82. The third-order valence-electron chi connectivity index (χ3n) is 3.82. The summed E-state index contributed by atoms with van der Waals surface area (Å²) in [5.41, 5.74) is 5.14. The van der Waals surface area contributed by atoms with Gasteiger partial charge in [-0.3, -0.25) is 14.9 Å². The maximum Gasteiger partial charge on any atom is 0.288 e. The van der Waals surface area contributed by atoms with Crippen LogP contribution >= 0.6 is 0 Å². The Bertz CT molecular complexity index is 563. The Morgan fingerprint density at radius 3 is 2.90 bits per heavy atom. The first kappa shape index (κ1) is 15.2. The number of nitrogens with two attached hydrogens (primary N) is 1. The number of rotatable bonds is 4. The van der Waals surface area contributed by atoms with E-state index in [1.165, 1.54) is 6.07 Å². The molecule has 1 aromatic heterocycles. The van der Waals surface area contributed by atoms with Crippen molar-refractivity contribution in [1.82, 2.24) is 4.98 Å². The number of pyridine rings is 1. The fraction of sp³-hybridized carbons (Fsp3) is 0.538. The van der Waals surface area contributed by atoms with Gasteiger partial charge in [-0.15, -0.1) is 0 Å². The highest BCUT2D eigenvalue weighted by atomic mass is 16.6. The number of piperidine rings is 1. The minimum Gasteiger partial charge on any atom is -0.379 e. The molecule has 2 N–H and O–H groups in total. The quantitative estimate of drug-likeness (QED) is 0.653. The molecule has 0 saturated carbocycles. The lowest BCUT2D eigenvalue weighted by atomic mass is 9.95. The van der Waals surface area contributed by atoms with Gasteiger partial charge in [0.25, 0.3) is 11.6 Å². The molecule has 1 aromatic rings. The summed E-state index contributed by atoms with van der Waals surface area (Å²) in [5, 5.41) is 10.8. The van der Waals surface area contributed by atoms with E-state index in [-0.39, 0.29) is 17.4 Å². The topological polar surface area (TPSA) is 112 Å². The highest BCUT2D eigenvalue weighted by Gasteiger charge is 2.29. The van der Waals surface area contributed by atoms with Crippen LogP contribution in [0.15, 0.2) is 12.3 Å². The van der Waals surface area contributed by atoms with Gasteiger partial charge in [-0.1, -0.05) is 6.92 Å². The van der Waals surface area contributed by atoms with Gasteiger partial charge in [0.15, 0.2) is 0 Å². The van der Waals surface area contributed by atoms with Crippen molar-refractivity contribution < 1.29 is 14.5 Å². The molecule has 2 atom stereocenters. The van der Waals surface area contributed by atoms with Crippen molar-refractivity contribution in [3.05, 3.63) is 27.9 Å². The van der Waals surface area contributed by atoms with E-state index in [1.54, 1.807) is 7.11 Å². The molecule has 21 heavy (non-hydrogen) atoms. The Hall–Kier alpha value is -2.22. The fourth-order valence-electron chi connectivity index (χ4n) is 2.51. The minimum absolute atomic E-state index is 0.0245. The summed E-state index contributed by atoms with van der Waals surface area (Å²) >= 11 is 0. The molecule has 0 aliphatic carbocycles. The Balaban J connectivity index is 2.35. The van der Waals surface area contributed by atoms with Crippen LogP contribution in [0.2, 0.25) is 0 Å². The monoisotopic (exact) mass is 294 g/mol. The number of hydrogen-bond acceptors (Lipinski definition) is 6. The molecule has 0 spiro atoms. The van der Waals surface area contributed by atoms with Crippen molar-refractivity contribution >= 4 is 17.4 Å². The molecule has 8 nitrogen and oxygen atoms in total. The lowest BCUT2D eigenvalue weighted by molar-refractivity contribution is -0.385. The molecule has 0 radical (unpaired) electrons. The molecule has 1 saturated heterocycles. The van der Waals surface area contributed by atoms with E-state index in [0.717, 1.165) is 12.6 Å². The summed E-state index contributed by atoms with van der Waals surface area (Å²) < 4.78 is 5.42. The van der Waals surface area contributed by atoms with Gasteiger partial charge in [-0.05, 0) is 12.3 Å². The summed E-state index contributed by atoms with van der Waals surface area (Å²) in [5.74, 6) is 0.0529. The molecular formula is C13H18N4O4. The van der Waals surface area contributed by atoms with Crippen LogP contribution in [0.1, 0.15) is 23.7 Å². The Kier molecular flexibility index (Phi) is 4.37. The fourth-order valence-corrected chi connectivity index (χ4v) is 2.51. The summed E-state index contributed by atoms with van der Waals surface area (Å²) in [6.45, 7) is 3.37. The number of nitrogens with zero attached hydrogens (tertiary/aromatic N) is 3. The molecule has 2 heterocycles. The highest BCUT2D eigenvalue weighted by Crippen LogP contribution is 2.27. The van der Waals surface area contributed by atoms with Crippen molar-refractivity contribution in [3.63, 3.8) is 0 Å². The Morgan fingerprint density at radius 1 is 1.62 bits per heavy atom. The number of methoxy groups -OCH3 is 1. The van der Waals surface area contributed by atoms with Crippen LogP contribution in [-0.2, 0) is 4.74 Å². The largest absolute Gasteiger partial charge is 0.379 e. The van der Waals surface area contributed by atoms with E-state index in [1.807, 2.05) is 4.90 Å². The zero-order valence-corrected chi connectivity index (χ0v) is 12.0. The van der Waals surface area contributed by atoms with Gasteiger partial charge >= 0.3 is 0 Å². The predicted octanol–water partition coefficient (Wildman–Crippen LogP) is 0.950. The smallest absolute Gasteiger partial charge is 0.288 e. The molecule has 2 unspecified atom stereocenters. The van der Waals surface area contributed by atoms with Crippen LogP contribution in [0.4, 0.5) is 11.5 Å². The molecule has 1 amide bonds. The van der Waals surface area contributed by atoms with Gasteiger partial charge in [-0.2, -0.15) is 0 Å². The maximum absolute atomic E-state index is 11.6. The summed E-state index contributed by atoms with van der Waals surface area (Å²) in [6, 6.07) is 1.17. The Labute approximate surface area is 122 Å². The third kappa shape index (κ3) is 3.10. The number of ether oxygens (including phenoxy) is 1. The standard InChI is InChI=1S/C13H18N4O4/c1-8-3-4-16(7-11(8)21-2)13-10(12(14)18)5-9(6-15-13)17(19)20/h5-6,8,11H,3-4,7H2,1-2H3,(H2,14,18). The van der Waals surface area contributed by atoms with Gasteiger partial charge in [0, 0.05) is 26.3 Å². The van der Waals surface area contributed by atoms with Gasteiger partial charge < -0.3 is 15.4 Å². The lowest BCUT2D eigenvalue weighted by Crippen LogP contribution is -2.45. The van der Waals surface area contributed by atoms with Gasteiger partial charge in [-0.25, -0.2) is 4.98 Å². The van der Waals surface area contributed by atoms with E-state index >= 15 is 0 Å². The first-order valence-electron chi connectivity index (χ1n) is 6.66. The molecular weight excluding hydrogens is 276 g/mol. The SMILES string of the molecule is COC1CN(c2ncc([N+](=O)[O-])cc2C(N)=O)CCC1C. The number of hydrogen-bond donors (Lipinski definition) is 1. The summed E-state index contributed by atoms with van der Waals surface area (Å²) in [7, 11) is 1.64. The number of aromatic nitrogens is 1. The highest BCUT2D eigenvalue weighted by molar-refractivity contribution is 5.98. The van der Waals surface area contributed by atoms with Crippen LogP contribution in [0.25, 0.3) is 0 Å². The average molecular weight is 294 g/mol.